The molecule has 4 aromatic rings. The fourth-order valence-electron chi connectivity index (χ4n) is 8.81. The number of para-hydroxylation sites is 4. The fraction of sp³-hybridized carbons (Fsp3) is 0.417. The highest BCUT2D eigenvalue weighted by atomic mass is 32.2. The maximum atomic E-state index is 14.4. The predicted molar refractivity (Wildman–Crippen MR) is 257 cm³/mol. The van der Waals surface area contributed by atoms with Crippen molar-refractivity contribution in [3.05, 3.63) is 120 Å². The molecule has 4 fully saturated rings. The topological polar surface area (TPSA) is 149 Å². The van der Waals surface area contributed by atoms with Gasteiger partial charge in [-0.3, -0.25) is 19.6 Å². The summed E-state index contributed by atoms with van der Waals surface area (Å²) in [4.78, 5) is 68.0. The summed E-state index contributed by atoms with van der Waals surface area (Å²) >= 11 is 2.39. The molecule has 16 nitrogen and oxygen atoms in total. The number of nitrogens with one attached hydrogen (secondary N) is 2. The summed E-state index contributed by atoms with van der Waals surface area (Å²) in [7, 11) is 2.98. The number of urea groups is 2. The van der Waals surface area contributed by atoms with Gasteiger partial charge in [0.25, 0.3) is 10.1 Å². The number of anilines is 2. The van der Waals surface area contributed by atoms with E-state index in [0.717, 1.165) is 52.4 Å². The second kappa shape index (κ2) is 21.7. The second-order valence-corrected chi connectivity index (χ2v) is 18.6. The maximum Gasteiger partial charge on any atom is 0.420 e. The van der Waals surface area contributed by atoms with Crippen LogP contribution in [-0.4, -0.2) is 161 Å². The van der Waals surface area contributed by atoms with Crippen molar-refractivity contribution in [1.82, 2.24) is 30.2 Å². The summed E-state index contributed by atoms with van der Waals surface area (Å²) in [5, 5.41) is 1.73. The van der Waals surface area contributed by atoms with Gasteiger partial charge in [-0.15, -0.1) is 0 Å². The van der Waals surface area contributed by atoms with Crippen molar-refractivity contribution in [3.8, 4) is 11.5 Å². The Balaban J connectivity index is 0.975. The lowest BCUT2D eigenvalue weighted by Crippen LogP contribution is -2.53. The number of hydrogen-bond acceptors (Lipinski definition) is 14. The maximum absolute atomic E-state index is 14.4. The number of benzene rings is 4. The van der Waals surface area contributed by atoms with Crippen LogP contribution in [0, 0.1) is 0 Å². The number of ether oxygens (including phenoxy) is 4. The van der Waals surface area contributed by atoms with E-state index in [-0.39, 0.29) is 13.1 Å². The van der Waals surface area contributed by atoms with Crippen LogP contribution >= 0.6 is 23.5 Å². The monoisotopic (exact) mass is 938 g/mol. The molecule has 4 saturated heterocycles. The predicted octanol–water partition coefficient (Wildman–Crippen LogP) is 4.87. The lowest BCUT2D eigenvalue weighted by Gasteiger charge is -2.39. The van der Waals surface area contributed by atoms with Crippen molar-refractivity contribution < 1.29 is 38.1 Å². The molecule has 4 aliphatic rings. The van der Waals surface area contributed by atoms with Gasteiger partial charge >= 0.3 is 24.0 Å². The molecule has 18 heteroatoms. The molecule has 4 aromatic carbocycles. The first-order valence-corrected chi connectivity index (χ1v) is 24.4. The zero-order valence-electron chi connectivity index (χ0n) is 37.5. The quantitative estimate of drug-likeness (QED) is 0.131. The van der Waals surface area contributed by atoms with Gasteiger partial charge in [-0.25, -0.2) is 19.2 Å². The number of hydrogen-bond donors (Lipinski definition) is 2. The Labute approximate surface area is 394 Å². The van der Waals surface area contributed by atoms with Crippen LogP contribution in [0.15, 0.2) is 109 Å². The molecule has 4 amide bonds. The second-order valence-electron chi connectivity index (χ2n) is 16.1. The SMILES string of the molecule is CNC(=O)N1CCSC1(OC(=O)C(=O)OC1(c2ccccc2OCCN2CCN(c3ccccc3)CC2)SCCN1C(=O)NC)c1ccccc1OCCN1CCN(c2ccccc2)CC1. The molecule has 0 spiro atoms. The first-order chi connectivity index (χ1) is 32.2. The van der Waals surface area contributed by atoms with Crippen LogP contribution in [0.3, 0.4) is 0 Å². The number of piperazine rings is 2. The van der Waals surface area contributed by atoms with E-state index in [0.29, 0.717) is 60.4 Å². The minimum atomic E-state index is -1.79. The standard InChI is InChI=1S/C48H58N8O8S2/c1-49-45(59)55-31-35-65-47(55,39-17-9-11-19-41(39)61-33-29-51-21-25-53(26-22-51)37-13-5-3-6-14-37)63-43(57)44(58)64-48(56(32-36-66-48)46(60)50-2)40-18-10-12-20-42(40)62-34-30-52-23-27-54(28-24-52)38-15-7-4-8-16-38/h3-20H,21-36H2,1-2H3,(H,49,59)(H,50,60). The van der Waals surface area contributed by atoms with Crippen LogP contribution in [0.2, 0.25) is 0 Å². The average molecular weight is 939 g/mol. The van der Waals surface area contributed by atoms with Gasteiger partial charge in [0.05, 0.1) is 11.1 Å². The Kier molecular flexibility index (Phi) is 15.3. The van der Waals surface area contributed by atoms with Gasteiger partial charge in [-0.05, 0) is 48.5 Å². The number of esters is 2. The molecule has 350 valence electrons. The largest absolute Gasteiger partial charge is 0.492 e. The Morgan fingerprint density at radius 2 is 0.864 bits per heavy atom. The van der Waals surface area contributed by atoms with E-state index in [2.05, 4.69) is 54.5 Å². The minimum Gasteiger partial charge on any atom is -0.492 e. The van der Waals surface area contributed by atoms with Crippen molar-refractivity contribution in [3.63, 3.8) is 0 Å². The van der Waals surface area contributed by atoms with Crippen molar-refractivity contribution in [2.45, 2.75) is 10.1 Å². The first-order valence-electron chi connectivity index (χ1n) is 22.5. The lowest BCUT2D eigenvalue weighted by atomic mass is 10.1. The highest BCUT2D eigenvalue weighted by Gasteiger charge is 2.56. The van der Waals surface area contributed by atoms with Crippen molar-refractivity contribution in [2.75, 3.05) is 127 Å². The summed E-state index contributed by atoms with van der Waals surface area (Å²) in [6.45, 7) is 9.42. The van der Waals surface area contributed by atoms with E-state index >= 15 is 0 Å². The molecule has 2 N–H and O–H groups in total. The molecule has 8 rings (SSSR count). The molecule has 0 radical (unpaired) electrons. The average Bonchev–Trinajstić information content (AvgIpc) is 4.00. The number of nitrogens with zero attached hydrogens (tertiary/aromatic N) is 6. The zero-order valence-corrected chi connectivity index (χ0v) is 39.1. The van der Waals surface area contributed by atoms with Gasteiger partial charge in [0.1, 0.15) is 24.7 Å². The van der Waals surface area contributed by atoms with Crippen LogP contribution in [0.25, 0.3) is 0 Å². The van der Waals surface area contributed by atoms with Crippen LogP contribution < -0.4 is 29.9 Å². The Morgan fingerprint density at radius 1 is 0.500 bits per heavy atom. The van der Waals surface area contributed by atoms with Crippen LogP contribution in [0.5, 0.6) is 11.5 Å². The summed E-state index contributed by atoms with van der Waals surface area (Å²) < 4.78 is 25.3. The highest BCUT2D eigenvalue weighted by molar-refractivity contribution is 8.00. The molecule has 4 aliphatic heterocycles. The molecule has 66 heavy (non-hydrogen) atoms. The summed E-state index contributed by atoms with van der Waals surface area (Å²) in [6.07, 6.45) is 0. The minimum absolute atomic E-state index is 0.213. The fourth-order valence-corrected chi connectivity index (χ4v) is 11.5. The van der Waals surface area contributed by atoms with E-state index in [1.165, 1.54) is 58.8 Å². The third kappa shape index (κ3) is 10.3. The normalized spacial score (nSPS) is 21.3. The number of carbonyl (C=O) groups excluding carboxylic acids is 4. The van der Waals surface area contributed by atoms with Crippen molar-refractivity contribution in [2.24, 2.45) is 0 Å². The van der Waals surface area contributed by atoms with Crippen molar-refractivity contribution >= 4 is 58.9 Å². The van der Waals surface area contributed by atoms with Gasteiger partial charge in [0.2, 0.25) is 0 Å². The molecule has 0 aliphatic carbocycles. The summed E-state index contributed by atoms with van der Waals surface area (Å²) in [6, 6.07) is 33.9. The van der Waals surface area contributed by atoms with Gasteiger partial charge in [0, 0.05) is 116 Å². The highest BCUT2D eigenvalue weighted by Crippen LogP contribution is 2.51. The zero-order chi connectivity index (χ0) is 45.9. The molecule has 2 atom stereocenters. The summed E-state index contributed by atoms with van der Waals surface area (Å²) in [5.41, 5.74) is 3.19. The van der Waals surface area contributed by atoms with Gasteiger partial charge in [0.15, 0.2) is 0 Å². The first kappa shape index (κ1) is 46.7. The van der Waals surface area contributed by atoms with Gasteiger partial charge in [-0.1, -0.05) is 84.2 Å². The number of thioether (sulfide) groups is 2. The molecule has 4 heterocycles. The van der Waals surface area contributed by atoms with Crippen LogP contribution in [0.1, 0.15) is 11.1 Å². The van der Waals surface area contributed by atoms with Gasteiger partial charge < -0.3 is 39.4 Å². The van der Waals surface area contributed by atoms with Crippen LogP contribution in [-0.2, 0) is 29.2 Å². The Hall–Kier alpha value is -5.82. The molecular weight excluding hydrogens is 881 g/mol. The Bertz CT molecular complexity index is 2130. The number of amides is 4. The van der Waals surface area contributed by atoms with E-state index in [1.54, 1.807) is 36.4 Å². The van der Waals surface area contributed by atoms with E-state index in [1.807, 2.05) is 48.5 Å². The van der Waals surface area contributed by atoms with E-state index < -0.39 is 34.1 Å². The lowest BCUT2D eigenvalue weighted by molar-refractivity contribution is -0.187. The smallest absolute Gasteiger partial charge is 0.420 e. The van der Waals surface area contributed by atoms with E-state index in [9.17, 15) is 19.2 Å². The third-order valence-corrected chi connectivity index (χ3v) is 14.9. The molecule has 2 unspecified atom stereocenters. The molecule has 0 bridgehead atoms. The van der Waals surface area contributed by atoms with Gasteiger partial charge in [-0.2, -0.15) is 0 Å². The summed E-state index contributed by atoms with van der Waals surface area (Å²) in [5.74, 6) is -1.09. The number of carbonyl (C=O) groups is 4. The van der Waals surface area contributed by atoms with Crippen LogP contribution in [0.4, 0.5) is 21.0 Å². The molecular formula is C48H58N8O8S2. The van der Waals surface area contributed by atoms with Crippen molar-refractivity contribution in [1.29, 1.82) is 0 Å². The molecule has 0 saturated carbocycles. The number of rotatable bonds is 14. The Morgan fingerprint density at radius 3 is 1.24 bits per heavy atom. The van der Waals surface area contributed by atoms with E-state index in [4.69, 9.17) is 18.9 Å². The molecule has 0 aromatic heterocycles. The third-order valence-electron chi connectivity index (χ3n) is 12.3.